The quantitative estimate of drug-likeness (QED) is 0.574. The maximum Gasteiger partial charge on any atom is 0.213 e. The molecule has 2 rings (SSSR count). The van der Waals surface area contributed by atoms with Gasteiger partial charge in [0, 0.05) is 6.42 Å². The van der Waals surface area contributed by atoms with Gasteiger partial charge in [0.05, 0.1) is 16.4 Å². The molecule has 0 aromatic carbocycles. The third kappa shape index (κ3) is 1.22. The van der Waals surface area contributed by atoms with E-state index in [9.17, 15) is 4.39 Å². The molecule has 0 atom stereocenters. The highest BCUT2D eigenvalue weighted by atomic mass is 32.2. The van der Waals surface area contributed by atoms with Gasteiger partial charge in [-0.15, -0.1) is 11.8 Å². The van der Waals surface area contributed by atoms with E-state index in [0.29, 0.717) is 6.42 Å². The lowest BCUT2D eigenvalue weighted by Gasteiger charge is -1.93. The Bertz CT molecular complexity index is 349. The Morgan fingerprint density at radius 1 is 1.50 bits per heavy atom. The van der Waals surface area contributed by atoms with Gasteiger partial charge in [-0.2, -0.15) is 4.39 Å². The van der Waals surface area contributed by atoms with Gasteiger partial charge in [0.1, 0.15) is 0 Å². The number of fused-ring (bicyclic) bond motifs is 1. The minimum absolute atomic E-state index is 0.425. The van der Waals surface area contributed by atoms with E-state index in [0.717, 1.165) is 16.4 Å². The van der Waals surface area contributed by atoms with Crippen molar-refractivity contribution in [2.45, 2.75) is 6.42 Å². The first-order valence-corrected chi connectivity index (χ1v) is 4.79. The van der Waals surface area contributed by atoms with Crippen molar-refractivity contribution in [1.82, 2.24) is 4.98 Å². The zero-order valence-electron chi connectivity index (χ0n) is 6.54. The number of thioether (sulfide) groups is 1. The number of pyridine rings is 1. The van der Waals surface area contributed by atoms with E-state index in [4.69, 9.17) is 0 Å². The number of hydrogen-bond acceptors (Lipinski definition) is 3. The summed E-state index contributed by atoms with van der Waals surface area (Å²) in [6.45, 7) is 0. The van der Waals surface area contributed by atoms with Gasteiger partial charge in [-0.3, -0.25) is 0 Å². The van der Waals surface area contributed by atoms with Crippen LogP contribution in [0.4, 0.5) is 10.1 Å². The molecule has 0 N–H and O–H groups in total. The van der Waals surface area contributed by atoms with Gasteiger partial charge >= 0.3 is 0 Å². The van der Waals surface area contributed by atoms with E-state index in [1.54, 1.807) is 17.8 Å². The first-order valence-electron chi connectivity index (χ1n) is 3.56. The Morgan fingerprint density at radius 3 is 3.08 bits per heavy atom. The lowest BCUT2D eigenvalue weighted by molar-refractivity contribution is 0.580. The molecule has 0 radical (unpaired) electrons. The summed E-state index contributed by atoms with van der Waals surface area (Å²) in [5.74, 6) is -0.425. The smallest absolute Gasteiger partial charge is 0.213 e. The SMILES string of the molecule is CSC1=Nc2ccc(F)nc2C1. The van der Waals surface area contributed by atoms with Crippen LogP contribution in [-0.4, -0.2) is 16.3 Å². The van der Waals surface area contributed by atoms with Crippen molar-refractivity contribution in [3.8, 4) is 0 Å². The number of aliphatic imine (C=N–C) groups is 1. The molecule has 0 bridgehead atoms. The number of hydrogen-bond donors (Lipinski definition) is 0. The Hall–Kier alpha value is -0.900. The molecule has 1 aromatic rings. The average molecular weight is 182 g/mol. The molecule has 1 aliphatic heterocycles. The normalized spacial score (nSPS) is 14.3. The summed E-state index contributed by atoms with van der Waals surface area (Å²) in [5, 5.41) is 1.00. The van der Waals surface area contributed by atoms with Crippen molar-refractivity contribution in [2.75, 3.05) is 6.26 Å². The molecule has 0 aliphatic carbocycles. The standard InChI is InChI=1S/C8H7FN2S/c1-12-8-4-6-5(11-8)2-3-7(9)10-6/h2-3H,4H2,1H3. The molecule has 1 aliphatic rings. The molecule has 0 spiro atoms. The molecule has 62 valence electrons. The molecular weight excluding hydrogens is 175 g/mol. The van der Waals surface area contributed by atoms with Crippen molar-refractivity contribution < 1.29 is 4.39 Å². The van der Waals surface area contributed by atoms with Crippen LogP contribution in [-0.2, 0) is 6.42 Å². The maximum absolute atomic E-state index is 12.6. The van der Waals surface area contributed by atoms with Gasteiger partial charge in [0.25, 0.3) is 0 Å². The fourth-order valence-corrected chi connectivity index (χ4v) is 1.60. The summed E-state index contributed by atoms with van der Waals surface area (Å²) in [5.41, 5.74) is 1.56. The van der Waals surface area contributed by atoms with Crippen LogP contribution in [0.15, 0.2) is 17.1 Å². The first kappa shape index (κ1) is 7.73. The molecule has 0 amide bonds. The van der Waals surface area contributed by atoms with Crippen LogP contribution in [0.1, 0.15) is 5.69 Å². The molecule has 2 heterocycles. The summed E-state index contributed by atoms with van der Waals surface area (Å²) < 4.78 is 12.6. The molecule has 4 heteroatoms. The fourth-order valence-electron chi connectivity index (χ4n) is 1.13. The minimum Gasteiger partial charge on any atom is -0.244 e. The van der Waals surface area contributed by atoms with E-state index in [-0.39, 0.29) is 0 Å². The third-order valence-corrected chi connectivity index (χ3v) is 2.42. The summed E-state index contributed by atoms with van der Waals surface area (Å²) in [4.78, 5) is 8.02. The largest absolute Gasteiger partial charge is 0.244 e. The van der Waals surface area contributed by atoms with Crippen molar-refractivity contribution >= 4 is 22.5 Å². The third-order valence-electron chi connectivity index (χ3n) is 1.72. The van der Waals surface area contributed by atoms with Crippen molar-refractivity contribution in [3.05, 3.63) is 23.8 Å². The molecule has 0 fully saturated rings. The second kappa shape index (κ2) is 2.86. The number of nitrogens with zero attached hydrogens (tertiary/aromatic N) is 2. The van der Waals surface area contributed by atoms with Crippen molar-refractivity contribution in [2.24, 2.45) is 4.99 Å². The minimum atomic E-state index is -0.425. The number of rotatable bonds is 0. The number of halogens is 1. The Labute approximate surface area is 73.9 Å². The highest BCUT2D eigenvalue weighted by Gasteiger charge is 2.15. The second-order valence-electron chi connectivity index (χ2n) is 2.49. The Balaban J connectivity index is 2.40. The van der Waals surface area contributed by atoms with Crippen LogP contribution in [0.25, 0.3) is 0 Å². The molecule has 12 heavy (non-hydrogen) atoms. The summed E-state index contributed by atoms with van der Waals surface area (Å²) >= 11 is 1.58. The summed E-state index contributed by atoms with van der Waals surface area (Å²) in [6, 6.07) is 3.01. The highest BCUT2D eigenvalue weighted by molar-refractivity contribution is 8.13. The van der Waals surface area contributed by atoms with Gasteiger partial charge in [0.2, 0.25) is 5.95 Å². The zero-order valence-corrected chi connectivity index (χ0v) is 7.36. The van der Waals surface area contributed by atoms with Gasteiger partial charge < -0.3 is 0 Å². The molecule has 0 saturated carbocycles. The van der Waals surface area contributed by atoms with Crippen LogP contribution < -0.4 is 0 Å². The number of aromatic nitrogens is 1. The molecule has 2 nitrogen and oxygen atoms in total. The maximum atomic E-state index is 12.6. The molecule has 1 aromatic heterocycles. The second-order valence-corrected chi connectivity index (χ2v) is 3.37. The van der Waals surface area contributed by atoms with E-state index in [2.05, 4.69) is 9.98 Å². The van der Waals surface area contributed by atoms with E-state index in [1.165, 1.54) is 6.07 Å². The topological polar surface area (TPSA) is 25.2 Å². The highest BCUT2D eigenvalue weighted by Crippen LogP contribution is 2.27. The van der Waals surface area contributed by atoms with E-state index < -0.39 is 5.95 Å². The van der Waals surface area contributed by atoms with Gasteiger partial charge in [0.15, 0.2) is 0 Å². The predicted octanol–water partition coefficient (Wildman–Crippen LogP) is 2.17. The first-order chi connectivity index (χ1) is 5.79. The van der Waals surface area contributed by atoms with Crippen LogP contribution in [0.5, 0.6) is 0 Å². The fraction of sp³-hybridized carbons (Fsp3) is 0.250. The van der Waals surface area contributed by atoms with Crippen molar-refractivity contribution in [3.63, 3.8) is 0 Å². The Morgan fingerprint density at radius 2 is 2.33 bits per heavy atom. The monoisotopic (exact) mass is 182 g/mol. The van der Waals surface area contributed by atoms with Gasteiger partial charge in [-0.1, -0.05) is 0 Å². The predicted molar refractivity (Wildman–Crippen MR) is 48.5 cm³/mol. The van der Waals surface area contributed by atoms with Crippen LogP contribution in [0.2, 0.25) is 0 Å². The van der Waals surface area contributed by atoms with E-state index in [1.807, 2.05) is 6.26 Å². The summed E-state index contributed by atoms with van der Waals surface area (Å²) in [7, 11) is 0. The van der Waals surface area contributed by atoms with Gasteiger partial charge in [-0.25, -0.2) is 9.98 Å². The lowest BCUT2D eigenvalue weighted by atomic mass is 10.3. The van der Waals surface area contributed by atoms with Crippen LogP contribution in [0, 0.1) is 5.95 Å². The average Bonchev–Trinajstić information content (AvgIpc) is 2.46. The van der Waals surface area contributed by atoms with Gasteiger partial charge in [-0.05, 0) is 18.4 Å². The Kier molecular flexibility index (Phi) is 1.84. The van der Waals surface area contributed by atoms with E-state index >= 15 is 0 Å². The van der Waals surface area contributed by atoms with Crippen molar-refractivity contribution in [1.29, 1.82) is 0 Å². The zero-order chi connectivity index (χ0) is 8.55. The lowest BCUT2D eigenvalue weighted by Crippen LogP contribution is -1.93. The molecule has 0 unspecified atom stereocenters. The van der Waals surface area contributed by atoms with Crippen LogP contribution >= 0.6 is 11.8 Å². The molecule has 0 saturated heterocycles. The summed E-state index contributed by atoms with van der Waals surface area (Å²) in [6.07, 6.45) is 2.63. The van der Waals surface area contributed by atoms with Crippen LogP contribution in [0.3, 0.4) is 0 Å². The molecular formula is C8H7FN2S.